The van der Waals surface area contributed by atoms with Crippen LogP contribution in [0.5, 0.6) is 0 Å². The van der Waals surface area contributed by atoms with Gasteiger partial charge in [-0.2, -0.15) is 0 Å². The third-order valence-corrected chi connectivity index (χ3v) is 4.81. The zero-order valence-electron chi connectivity index (χ0n) is 17.9. The number of aliphatic carboxylic acids is 1. The van der Waals surface area contributed by atoms with Gasteiger partial charge in [0, 0.05) is 0 Å². The zero-order chi connectivity index (χ0) is 22.6. The molecule has 8 N–H and O–H groups in total. The molecule has 0 heterocycles. The minimum atomic E-state index is -1.15. The Morgan fingerprint density at radius 2 is 1.62 bits per heavy atom. The molecular weight excluding hydrogens is 378 g/mol. The van der Waals surface area contributed by atoms with Crippen LogP contribution in [-0.4, -0.2) is 60.0 Å². The normalized spacial score (nSPS) is 15.1. The van der Waals surface area contributed by atoms with E-state index in [0.29, 0.717) is 25.8 Å². The van der Waals surface area contributed by atoms with Crippen LogP contribution in [0.3, 0.4) is 0 Å². The van der Waals surface area contributed by atoms with Crippen molar-refractivity contribution < 1.29 is 24.3 Å². The van der Waals surface area contributed by atoms with Crippen LogP contribution < -0.4 is 27.4 Å². The van der Waals surface area contributed by atoms with Crippen molar-refractivity contribution >= 4 is 23.7 Å². The lowest BCUT2D eigenvalue weighted by Crippen LogP contribution is -2.55. The third-order valence-electron chi connectivity index (χ3n) is 4.81. The molecular formula is C19H37N5O5. The number of carbonyl (C=O) groups is 4. The Bertz CT molecular complexity index is 555. The Morgan fingerprint density at radius 1 is 1.00 bits per heavy atom. The van der Waals surface area contributed by atoms with Crippen LogP contribution in [0.4, 0.5) is 0 Å². The number of unbranched alkanes of at least 4 members (excludes halogenated alkanes) is 1. The summed E-state index contributed by atoms with van der Waals surface area (Å²) in [4.78, 5) is 48.1. The predicted molar refractivity (Wildman–Crippen MR) is 110 cm³/mol. The molecule has 0 saturated heterocycles. The van der Waals surface area contributed by atoms with Crippen LogP contribution in [0.15, 0.2) is 0 Å². The van der Waals surface area contributed by atoms with Crippen molar-refractivity contribution in [3.05, 3.63) is 0 Å². The summed E-state index contributed by atoms with van der Waals surface area (Å²) in [6, 6.07) is -2.71. The number of nitrogens with one attached hydrogen (secondary N) is 3. The molecule has 0 aromatic carbocycles. The SMILES string of the molecule is CCC(C)C(N)C(=O)NCC(=O)NC(CCCCN)C(=O)NC(C(=O)O)C(C)C. The molecule has 0 aliphatic heterocycles. The van der Waals surface area contributed by atoms with Gasteiger partial charge in [0.2, 0.25) is 17.7 Å². The smallest absolute Gasteiger partial charge is 0.326 e. The Hall–Kier alpha value is -2.20. The van der Waals surface area contributed by atoms with E-state index in [4.69, 9.17) is 11.5 Å². The Labute approximate surface area is 172 Å². The van der Waals surface area contributed by atoms with Crippen LogP contribution in [0.25, 0.3) is 0 Å². The first-order valence-electron chi connectivity index (χ1n) is 10.1. The number of amides is 3. The lowest BCUT2D eigenvalue weighted by Gasteiger charge is -2.23. The van der Waals surface area contributed by atoms with Gasteiger partial charge in [-0.25, -0.2) is 4.79 Å². The number of hydrogen-bond donors (Lipinski definition) is 6. The average Bonchev–Trinajstić information content (AvgIpc) is 2.67. The van der Waals surface area contributed by atoms with E-state index in [1.165, 1.54) is 0 Å². The van der Waals surface area contributed by atoms with Crippen molar-refractivity contribution in [3.63, 3.8) is 0 Å². The number of rotatable bonds is 14. The first-order valence-corrected chi connectivity index (χ1v) is 10.1. The highest BCUT2D eigenvalue weighted by Gasteiger charge is 2.28. The molecule has 0 saturated carbocycles. The van der Waals surface area contributed by atoms with Gasteiger partial charge in [-0.3, -0.25) is 14.4 Å². The fraction of sp³-hybridized carbons (Fsp3) is 0.789. The molecule has 29 heavy (non-hydrogen) atoms. The molecule has 0 fully saturated rings. The molecule has 0 aromatic rings. The molecule has 10 nitrogen and oxygen atoms in total. The highest BCUT2D eigenvalue weighted by molar-refractivity contribution is 5.92. The molecule has 0 aromatic heterocycles. The fourth-order valence-corrected chi connectivity index (χ4v) is 2.57. The maximum atomic E-state index is 12.5. The Morgan fingerprint density at radius 3 is 2.10 bits per heavy atom. The number of carboxylic acid groups (broad SMARTS) is 1. The summed E-state index contributed by atoms with van der Waals surface area (Å²) in [7, 11) is 0. The van der Waals surface area contributed by atoms with Crippen molar-refractivity contribution in [2.45, 2.75) is 71.5 Å². The first kappa shape index (κ1) is 26.8. The molecule has 4 atom stereocenters. The van der Waals surface area contributed by atoms with Gasteiger partial charge >= 0.3 is 5.97 Å². The monoisotopic (exact) mass is 415 g/mol. The zero-order valence-corrected chi connectivity index (χ0v) is 17.9. The van der Waals surface area contributed by atoms with Gasteiger partial charge in [-0.05, 0) is 37.6 Å². The van der Waals surface area contributed by atoms with Gasteiger partial charge in [-0.15, -0.1) is 0 Å². The molecule has 0 rings (SSSR count). The lowest BCUT2D eigenvalue weighted by atomic mass is 9.99. The van der Waals surface area contributed by atoms with Gasteiger partial charge in [0.1, 0.15) is 12.1 Å². The summed E-state index contributed by atoms with van der Waals surface area (Å²) in [6.07, 6.45) is 2.27. The van der Waals surface area contributed by atoms with Crippen molar-refractivity contribution in [1.82, 2.24) is 16.0 Å². The maximum Gasteiger partial charge on any atom is 0.326 e. The molecule has 168 valence electrons. The van der Waals surface area contributed by atoms with Crippen molar-refractivity contribution in [1.29, 1.82) is 0 Å². The quantitative estimate of drug-likeness (QED) is 0.203. The van der Waals surface area contributed by atoms with E-state index in [1.54, 1.807) is 13.8 Å². The topological polar surface area (TPSA) is 177 Å². The summed E-state index contributed by atoms with van der Waals surface area (Å²) in [5.74, 6) is -3.08. The second-order valence-corrected chi connectivity index (χ2v) is 7.60. The summed E-state index contributed by atoms with van der Waals surface area (Å²) in [5, 5.41) is 16.7. The maximum absolute atomic E-state index is 12.5. The van der Waals surface area contributed by atoms with E-state index in [-0.39, 0.29) is 18.4 Å². The van der Waals surface area contributed by atoms with Crippen molar-refractivity contribution in [2.75, 3.05) is 13.1 Å². The third kappa shape index (κ3) is 10.2. The summed E-state index contributed by atoms with van der Waals surface area (Å²) in [6.45, 7) is 7.23. The van der Waals surface area contributed by atoms with Gasteiger partial charge in [0.25, 0.3) is 0 Å². The van der Waals surface area contributed by atoms with Gasteiger partial charge in [-0.1, -0.05) is 34.1 Å². The molecule has 0 aliphatic rings. The average molecular weight is 416 g/mol. The molecule has 3 amide bonds. The van der Waals surface area contributed by atoms with E-state index < -0.39 is 41.8 Å². The minimum Gasteiger partial charge on any atom is -0.480 e. The predicted octanol–water partition coefficient (Wildman–Crippen LogP) is -0.685. The largest absolute Gasteiger partial charge is 0.480 e. The summed E-state index contributed by atoms with van der Waals surface area (Å²) >= 11 is 0. The minimum absolute atomic E-state index is 0.0307. The van der Waals surface area contributed by atoms with E-state index in [9.17, 15) is 24.3 Å². The highest BCUT2D eigenvalue weighted by atomic mass is 16.4. The molecule has 10 heteroatoms. The second-order valence-electron chi connectivity index (χ2n) is 7.60. The van der Waals surface area contributed by atoms with Crippen molar-refractivity contribution in [3.8, 4) is 0 Å². The summed E-state index contributed by atoms with van der Waals surface area (Å²) < 4.78 is 0. The van der Waals surface area contributed by atoms with Crippen LogP contribution in [0.1, 0.15) is 53.4 Å². The number of nitrogens with two attached hydrogens (primary N) is 2. The standard InChI is InChI=1S/C19H37N5O5/c1-5-12(4)15(21)18(27)22-10-14(25)23-13(8-6-7-9-20)17(26)24-16(11(2)3)19(28)29/h11-13,15-16H,5-10,20-21H2,1-4H3,(H,22,27)(H,23,25)(H,24,26)(H,28,29). The summed E-state index contributed by atoms with van der Waals surface area (Å²) in [5.41, 5.74) is 11.3. The van der Waals surface area contributed by atoms with Crippen LogP contribution >= 0.6 is 0 Å². The molecule has 0 aliphatic carbocycles. The Kier molecular flexibility index (Phi) is 12.8. The Balaban J connectivity index is 4.91. The highest BCUT2D eigenvalue weighted by Crippen LogP contribution is 2.06. The molecule has 4 unspecified atom stereocenters. The van der Waals surface area contributed by atoms with Gasteiger partial charge in [0.15, 0.2) is 0 Å². The number of carboxylic acids is 1. The fourth-order valence-electron chi connectivity index (χ4n) is 2.57. The van der Waals surface area contributed by atoms with Crippen LogP contribution in [0.2, 0.25) is 0 Å². The molecule has 0 radical (unpaired) electrons. The number of carbonyl (C=O) groups excluding carboxylic acids is 3. The van der Waals surface area contributed by atoms with E-state index in [0.717, 1.165) is 6.42 Å². The van der Waals surface area contributed by atoms with Crippen LogP contribution in [0, 0.1) is 11.8 Å². The van der Waals surface area contributed by atoms with Gasteiger partial charge in [0.05, 0.1) is 12.6 Å². The first-order chi connectivity index (χ1) is 13.5. The van der Waals surface area contributed by atoms with Crippen LogP contribution in [-0.2, 0) is 19.2 Å². The molecule has 0 spiro atoms. The second kappa shape index (κ2) is 13.9. The van der Waals surface area contributed by atoms with Crippen molar-refractivity contribution in [2.24, 2.45) is 23.3 Å². The molecule has 0 bridgehead atoms. The van der Waals surface area contributed by atoms with E-state index in [1.807, 2.05) is 13.8 Å². The van der Waals surface area contributed by atoms with E-state index in [2.05, 4.69) is 16.0 Å². The van der Waals surface area contributed by atoms with E-state index >= 15 is 0 Å². The number of hydrogen-bond acceptors (Lipinski definition) is 6. The lowest BCUT2D eigenvalue weighted by molar-refractivity contribution is -0.143. The van der Waals surface area contributed by atoms with Gasteiger partial charge < -0.3 is 32.5 Å².